The largest absolute Gasteiger partial charge is 0.494 e. The highest BCUT2D eigenvalue weighted by Gasteiger charge is 2.19. The van der Waals surface area contributed by atoms with Gasteiger partial charge in [0.1, 0.15) is 5.75 Å². The summed E-state index contributed by atoms with van der Waals surface area (Å²) in [5.41, 5.74) is 6.67. The fraction of sp³-hybridized carbons (Fsp3) is 0.667. The maximum absolute atomic E-state index is 5.79. The fourth-order valence-corrected chi connectivity index (χ4v) is 3.02. The predicted octanol–water partition coefficient (Wildman–Crippen LogP) is 4.10. The third kappa shape index (κ3) is 7.24. The number of nitrogens with two attached hydrogens (primary N) is 1. The average molecular weight is 361 g/mol. The third-order valence-corrected chi connectivity index (χ3v) is 4.83. The van der Waals surface area contributed by atoms with E-state index in [1.54, 1.807) is 0 Å². The minimum atomic E-state index is 0.678. The molecule has 3 N–H and O–H groups in total. The first-order valence-corrected chi connectivity index (χ1v) is 10.2. The molecule has 0 bridgehead atoms. The molecule has 0 spiro atoms. The minimum Gasteiger partial charge on any atom is -0.494 e. The van der Waals surface area contributed by atoms with E-state index in [1.165, 1.54) is 25.7 Å². The second-order valence-corrected chi connectivity index (χ2v) is 7.22. The predicted molar refractivity (Wildman–Crippen MR) is 111 cm³/mol. The summed E-state index contributed by atoms with van der Waals surface area (Å²) in [6.07, 6.45) is 6.91. The third-order valence-electron chi connectivity index (χ3n) is 4.83. The highest BCUT2D eigenvalue weighted by atomic mass is 16.5. The number of benzene rings is 1. The number of likely N-dealkylation sites (tertiary alicyclic amines) is 1. The van der Waals surface area contributed by atoms with E-state index in [2.05, 4.69) is 36.2 Å². The summed E-state index contributed by atoms with van der Waals surface area (Å²) in [7, 11) is 0. The van der Waals surface area contributed by atoms with Crippen molar-refractivity contribution in [3.63, 3.8) is 0 Å². The van der Waals surface area contributed by atoms with Crippen LogP contribution in [0.1, 0.15) is 52.4 Å². The molecule has 1 aliphatic rings. The first-order chi connectivity index (χ1) is 12.7. The van der Waals surface area contributed by atoms with Crippen molar-refractivity contribution in [1.82, 2.24) is 4.90 Å². The van der Waals surface area contributed by atoms with Crippen molar-refractivity contribution in [3.8, 4) is 5.75 Å². The molecule has 0 radical (unpaired) electrons. The Balaban J connectivity index is 1.92. The average Bonchev–Trinajstić information content (AvgIpc) is 2.66. The van der Waals surface area contributed by atoms with Crippen LogP contribution in [-0.4, -0.2) is 43.6 Å². The highest BCUT2D eigenvalue weighted by molar-refractivity contribution is 5.93. The molecule has 5 nitrogen and oxygen atoms in total. The molecule has 5 heteroatoms. The zero-order chi connectivity index (χ0) is 18.6. The summed E-state index contributed by atoms with van der Waals surface area (Å²) < 4.78 is 5.79. The van der Waals surface area contributed by atoms with Gasteiger partial charge in [-0.1, -0.05) is 26.7 Å². The summed E-state index contributed by atoms with van der Waals surface area (Å²) in [5.74, 6) is 2.71. The Labute approximate surface area is 159 Å². The van der Waals surface area contributed by atoms with Crippen LogP contribution < -0.4 is 15.8 Å². The smallest absolute Gasteiger partial charge is 0.198 e. The van der Waals surface area contributed by atoms with Gasteiger partial charge in [0, 0.05) is 25.3 Å². The lowest BCUT2D eigenvalue weighted by atomic mass is 9.99. The molecule has 1 heterocycles. The number of piperidine rings is 1. The van der Waals surface area contributed by atoms with Crippen molar-refractivity contribution >= 4 is 11.6 Å². The van der Waals surface area contributed by atoms with Crippen LogP contribution in [0.5, 0.6) is 5.75 Å². The number of hydrogen-bond donors (Lipinski definition) is 2. The van der Waals surface area contributed by atoms with Crippen LogP contribution in [0.2, 0.25) is 0 Å². The number of ether oxygens (including phenoxy) is 1. The van der Waals surface area contributed by atoms with Gasteiger partial charge in [-0.2, -0.15) is 0 Å². The molecule has 0 saturated carbocycles. The number of nitrogens with zero attached hydrogens (tertiary/aromatic N) is 2. The molecule has 0 aromatic heterocycles. The molecule has 1 fully saturated rings. The van der Waals surface area contributed by atoms with E-state index in [0.29, 0.717) is 6.54 Å². The van der Waals surface area contributed by atoms with Crippen LogP contribution in [0.25, 0.3) is 0 Å². The molecule has 1 aromatic rings. The highest BCUT2D eigenvalue weighted by Crippen LogP contribution is 2.19. The number of unbranched alkanes of at least 4 members (excludes halogenated alkanes) is 2. The summed E-state index contributed by atoms with van der Waals surface area (Å²) in [5, 5.41) is 3.51. The van der Waals surface area contributed by atoms with Gasteiger partial charge in [-0.3, -0.25) is 4.99 Å². The van der Waals surface area contributed by atoms with E-state index in [-0.39, 0.29) is 0 Å². The summed E-state index contributed by atoms with van der Waals surface area (Å²) in [6.45, 7) is 8.90. The number of anilines is 1. The van der Waals surface area contributed by atoms with E-state index in [1.807, 2.05) is 12.1 Å². The second kappa shape index (κ2) is 11.8. The maximum Gasteiger partial charge on any atom is 0.198 e. The Hall–Kier alpha value is -1.75. The molecule has 146 valence electrons. The van der Waals surface area contributed by atoms with E-state index in [9.17, 15) is 0 Å². The van der Waals surface area contributed by atoms with Crippen molar-refractivity contribution in [2.45, 2.75) is 52.4 Å². The van der Waals surface area contributed by atoms with Crippen molar-refractivity contribution in [2.24, 2.45) is 16.6 Å². The molecular weight excluding hydrogens is 324 g/mol. The zero-order valence-electron chi connectivity index (χ0n) is 16.5. The molecule has 0 aliphatic carbocycles. The quantitative estimate of drug-likeness (QED) is 0.395. The SMILES string of the molecule is CCCCCOc1ccc(NC(=NCCCN)N2CCC(C)CC2)cc1. The van der Waals surface area contributed by atoms with Gasteiger partial charge in [0.25, 0.3) is 0 Å². The number of hydrogen-bond acceptors (Lipinski definition) is 3. The Morgan fingerprint density at radius 1 is 1.19 bits per heavy atom. The number of rotatable bonds is 9. The maximum atomic E-state index is 5.79. The minimum absolute atomic E-state index is 0.678. The van der Waals surface area contributed by atoms with Crippen molar-refractivity contribution in [1.29, 1.82) is 0 Å². The summed E-state index contributed by atoms with van der Waals surface area (Å²) >= 11 is 0. The fourth-order valence-electron chi connectivity index (χ4n) is 3.02. The van der Waals surface area contributed by atoms with Gasteiger partial charge in [-0.05, 0) is 62.4 Å². The first-order valence-electron chi connectivity index (χ1n) is 10.2. The molecule has 0 unspecified atom stereocenters. The molecule has 26 heavy (non-hydrogen) atoms. The van der Waals surface area contributed by atoms with Gasteiger partial charge < -0.3 is 20.7 Å². The Morgan fingerprint density at radius 3 is 2.58 bits per heavy atom. The Morgan fingerprint density at radius 2 is 1.92 bits per heavy atom. The summed E-state index contributed by atoms with van der Waals surface area (Å²) in [4.78, 5) is 7.14. The van der Waals surface area contributed by atoms with Crippen LogP contribution in [0.15, 0.2) is 29.3 Å². The van der Waals surface area contributed by atoms with Crippen LogP contribution in [0.3, 0.4) is 0 Å². The molecule has 0 amide bonds. The van der Waals surface area contributed by atoms with Gasteiger partial charge in [-0.25, -0.2) is 0 Å². The topological polar surface area (TPSA) is 62.9 Å². The van der Waals surface area contributed by atoms with E-state index < -0.39 is 0 Å². The molecular formula is C21H36N4O. The van der Waals surface area contributed by atoms with E-state index in [0.717, 1.165) is 62.4 Å². The molecule has 1 aromatic carbocycles. The lowest BCUT2D eigenvalue weighted by Gasteiger charge is -2.33. The standard InChI is InChI=1S/C21H36N4O/c1-3-4-5-17-26-20-9-7-19(8-10-20)24-21(23-14-6-13-22)25-15-11-18(2)12-16-25/h7-10,18H,3-6,11-17,22H2,1-2H3,(H,23,24). The molecule has 0 atom stereocenters. The van der Waals surface area contributed by atoms with Crippen molar-refractivity contribution in [2.75, 3.05) is 38.1 Å². The Bertz CT molecular complexity index is 521. The number of nitrogens with one attached hydrogen (secondary N) is 1. The normalized spacial score (nSPS) is 16.0. The lowest BCUT2D eigenvalue weighted by molar-refractivity contribution is 0.279. The van der Waals surface area contributed by atoms with E-state index in [4.69, 9.17) is 15.5 Å². The van der Waals surface area contributed by atoms with Gasteiger partial charge >= 0.3 is 0 Å². The van der Waals surface area contributed by atoms with Crippen LogP contribution in [0.4, 0.5) is 5.69 Å². The molecule has 2 rings (SSSR count). The number of aliphatic imine (C=N–C) groups is 1. The number of guanidine groups is 1. The Kier molecular flexibility index (Phi) is 9.32. The van der Waals surface area contributed by atoms with Gasteiger partial charge in [-0.15, -0.1) is 0 Å². The summed E-state index contributed by atoms with van der Waals surface area (Å²) in [6, 6.07) is 8.20. The molecule has 1 aliphatic heterocycles. The molecule has 1 saturated heterocycles. The second-order valence-electron chi connectivity index (χ2n) is 7.22. The monoisotopic (exact) mass is 360 g/mol. The van der Waals surface area contributed by atoms with Crippen LogP contribution in [-0.2, 0) is 0 Å². The van der Waals surface area contributed by atoms with Gasteiger partial charge in [0.15, 0.2) is 5.96 Å². The van der Waals surface area contributed by atoms with Crippen molar-refractivity contribution < 1.29 is 4.74 Å². The van der Waals surface area contributed by atoms with Crippen LogP contribution in [0, 0.1) is 5.92 Å². The lowest BCUT2D eigenvalue weighted by Crippen LogP contribution is -2.42. The zero-order valence-corrected chi connectivity index (χ0v) is 16.5. The van der Waals surface area contributed by atoms with Gasteiger partial charge in [0.2, 0.25) is 0 Å². The van der Waals surface area contributed by atoms with Crippen LogP contribution >= 0.6 is 0 Å². The first kappa shape index (κ1) is 20.6. The van der Waals surface area contributed by atoms with E-state index >= 15 is 0 Å². The van der Waals surface area contributed by atoms with Crippen molar-refractivity contribution in [3.05, 3.63) is 24.3 Å². The van der Waals surface area contributed by atoms with Gasteiger partial charge in [0.05, 0.1) is 6.61 Å².